The van der Waals surface area contributed by atoms with Crippen molar-refractivity contribution in [2.45, 2.75) is 104 Å². The summed E-state index contributed by atoms with van der Waals surface area (Å²) in [6, 6.07) is 0. The molecule has 0 radical (unpaired) electrons. The summed E-state index contributed by atoms with van der Waals surface area (Å²) in [5.74, 6) is 2.58. The van der Waals surface area contributed by atoms with E-state index in [4.69, 9.17) is 5.11 Å². The van der Waals surface area contributed by atoms with Crippen LogP contribution in [0, 0.1) is 52.3 Å². The third kappa shape index (κ3) is 3.36. The molecule has 0 bridgehead atoms. The summed E-state index contributed by atoms with van der Waals surface area (Å²) in [7, 11) is 0. The predicted octanol–water partition coefficient (Wildman–Crippen LogP) is 5.11. The van der Waals surface area contributed by atoms with Gasteiger partial charge in [0.2, 0.25) is 0 Å². The average Bonchev–Trinajstić information content (AvgIpc) is 3.05. The van der Waals surface area contributed by atoms with Gasteiger partial charge in [0.15, 0.2) is 0 Å². The summed E-state index contributed by atoms with van der Waals surface area (Å²) in [6.45, 7) is 9.44. The number of aliphatic hydroxyl groups is 2. The van der Waals surface area contributed by atoms with Crippen molar-refractivity contribution in [1.82, 2.24) is 0 Å². The molecule has 3 N–H and O–H groups in total. The van der Waals surface area contributed by atoms with E-state index in [0.29, 0.717) is 41.4 Å². The minimum absolute atomic E-state index is 0.194. The van der Waals surface area contributed by atoms with E-state index in [9.17, 15) is 15.0 Å². The second-order valence-electron chi connectivity index (χ2n) is 12.0. The number of carbonyl (C=O) groups is 1. The molecule has 4 heteroatoms. The molecule has 0 heterocycles. The average molecular weight is 421 g/mol. The summed E-state index contributed by atoms with van der Waals surface area (Å²) < 4.78 is 0. The molecule has 4 nitrogen and oxygen atoms in total. The molecule has 0 aromatic heterocycles. The molecular formula is C26H44O4. The maximum Gasteiger partial charge on any atom is 0.303 e. The number of carboxylic acids is 1. The van der Waals surface area contributed by atoms with Crippen LogP contribution in [-0.2, 0) is 4.79 Å². The predicted molar refractivity (Wildman–Crippen MR) is 118 cm³/mol. The molecule has 0 saturated heterocycles. The zero-order chi connectivity index (χ0) is 21.8. The Morgan fingerprint density at radius 2 is 1.67 bits per heavy atom. The fraction of sp³-hybridized carbons (Fsp3) is 0.962. The van der Waals surface area contributed by atoms with E-state index in [1.807, 2.05) is 0 Å². The number of fused-ring (bicyclic) bond motifs is 5. The summed E-state index contributed by atoms with van der Waals surface area (Å²) >= 11 is 0. The van der Waals surface area contributed by atoms with E-state index in [1.165, 1.54) is 25.7 Å². The maximum absolute atomic E-state index is 11.7. The van der Waals surface area contributed by atoms with Crippen LogP contribution in [0.25, 0.3) is 0 Å². The van der Waals surface area contributed by atoms with Crippen molar-refractivity contribution >= 4 is 5.97 Å². The van der Waals surface area contributed by atoms with Crippen molar-refractivity contribution in [2.24, 2.45) is 52.3 Å². The fourth-order valence-electron chi connectivity index (χ4n) is 9.48. The van der Waals surface area contributed by atoms with E-state index in [2.05, 4.69) is 27.7 Å². The molecule has 0 aliphatic heterocycles. The molecule has 4 rings (SSSR count). The first-order chi connectivity index (χ1) is 14.1. The van der Waals surface area contributed by atoms with Gasteiger partial charge in [0, 0.05) is 6.42 Å². The molecule has 4 aliphatic rings. The van der Waals surface area contributed by atoms with E-state index in [1.54, 1.807) is 0 Å². The molecule has 30 heavy (non-hydrogen) atoms. The van der Waals surface area contributed by atoms with Crippen LogP contribution in [-0.4, -0.2) is 33.5 Å². The Labute approximate surface area is 182 Å². The second kappa shape index (κ2) is 8.06. The third-order valence-corrected chi connectivity index (χ3v) is 11.0. The summed E-state index contributed by atoms with van der Waals surface area (Å²) in [5.41, 5.74) is 0.480. The van der Waals surface area contributed by atoms with Gasteiger partial charge in [-0.2, -0.15) is 0 Å². The lowest BCUT2D eigenvalue weighted by atomic mass is 9.41. The zero-order valence-electron chi connectivity index (χ0n) is 19.5. The standard InChI is InChI=1S/C26H44O4/c1-5-17-21-14-16(27)10-12-26(21,4)20-11-13-25(3)18(15(2)6-9-22(28)29)7-8-19(25)23(20)24(17)30/h15-21,23-24,27,30H,5-14H2,1-4H3,(H,28,29)/t15?,16-,17-,18?,19?,20?,21?,23?,24-,25-,26-/m1/s1. The first-order valence-electron chi connectivity index (χ1n) is 12.7. The molecule has 4 saturated carbocycles. The van der Waals surface area contributed by atoms with Crippen molar-refractivity contribution in [3.05, 3.63) is 0 Å². The van der Waals surface area contributed by atoms with Crippen molar-refractivity contribution in [2.75, 3.05) is 0 Å². The number of hydrogen-bond donors (Lipinski definition) is 3. The second-order valence-corrected chi connectivity index (χ2v) is 12.0. The molecule has 6 unspecified atom stereocenters. The van der Waals surface area contributed by atoms with Gasteiger partial charge < -0.3 is 15.3 Å². The van der Waals surface area contributed by atoms with Crippen LogP contribution in [0.3, 0.4) is 0 Å². The molecular weight excluding hydrogens is 376 g/mol. The highest BCUT2D eigenvalue weighted by atomic mass is 16.4. The van der Waals surface area contributed by atoms with Gasteiger partial charge in [-0.1, -0.05) is 34.1 Å². The van der Waals surface area contributed by atoms with Gasteiger partial charge in [-0.25, -0.2) is 0 Å². The number of hydrogen-bond acceptors (Lipinski definition) is 3. The number of rotatable bonds is 5. The van der Waals surface area contributed by atoms with Crippen LogP contribution < -0.4 is 0 Å². The van der Waals surface area contributed by atoms with Gasteiger partial charge in [-0.15, -0.1) is 0 Å². The van der Waals surface area contributed by atoms with E-state index < -0.39 is 5.97 Å². The molecule has 172 valence electrons. The van der Waals surface area contributed by atoms with E-state index >= 15 is 0 Å². The van der Waals surface area contributed by atoms with Crippen LogP contribution in [0.4, 0.5) is 0 Å². The Bertz CT molecular complexity index is 649. The SMILES string of the molecule is CC[C@@H]1C2C[C@H](O)CC[C@]2(C)C2CC[C@]3(C)C(C(C)CCC(=O)O)CCC3C2[C@@H]1O. The van der Waals surface area contributed by atoms with Crippen molar-refractivity contribution in [3.8, 4) is 0 Å². The van der Waals surface area contributed by atoms with Gasteiger partial charge in [-0.05, 0) is 104 Å². The quantitative estimate of drug-likeness (QED) is 0.577. The Morgan fingerprint density at radius 3 is 2.33 bits per heavy atom. The normalized spacial score (nSPS) is 51.5. The van der Waals surface area contributed by atoms with Crippen LogP contribution in [0.2, 0.25) is 0 Å². The molecule has 4 fully saturated rings. The Kier molecular flexibility index (Phi) is 6.07. The number of aliphatic carboxylic acids is 1. The largest absolute Gasteiger partial charge is 0.481 e. The van der Waals surface area contributed by atoms with Gasteiger partial charge in [0.05, 0.1) is 12.2 Å². The van der Waals surface area contributed by atoms with Gasteiger partial charge in [-0.3, -0.25) is 4.79 Å². The number of carboxylic acid groups (broad SMARTS) is 1. The molecule has 4 aliphatic carbocycles. The van der Waals surface area contributed by atoms with E-state index in [0.717, 1.165) is 32.1 Å². The first-order valence-corrected chi connectivity index (χ1v) is 12.7. The van der Waals surface area contributed by atoms with Gasteiger partial charge >= 0.3 is 5.97 Å². The van der Waals surface area contributed by atoms with E-state index in [-0.39, 0.29) is 29.5 Å². The smallest absolute Gasteiger partial charge is 0.303 e. The maximum atomic E-state index is 11.7. The topological polar surface area (TPSA) is 77.8 Å². The summed E-state index contributed by atoms with van der Waals surface area (Å²) in [6.07, 6.45) is 9.27. The lowest BCUT2D eigenvalue weighted by Gasteiger charge is -2.64. The lowest BCUT2D eigenvalue weighted by molar-refractivity contribution is -0.203. The van der Waals surface area contributed by atoms with Crippen LogP contribution in [0.5, 0.6) is 0 Å². The number of aliphatic hydroxyl groups excluding tert-OH is 2. The highest BCUT2D eigenvalue weighted by Gasteiger charge is 2.64. The van der Waals surface area contributed by atoms with Gasteiger partial charge in [0.25, 0.3) is 0 Å². The highest BCUT2D eigenvalue weighted by molar-refractivity contribution is 5.66. The Morgan fingerprint density at radius 1 is 1.00 bits per heavy atom. The Balaban J connectivity index is 1.61. The monoisotopic (exact) mass is 420 g/mol. The van der Waals surface area contributed by atoms with Crippen molar-refractivity contribution < 1.29 is 20.1 Å². The van der Waals surface area contributed by atoms with Crippen molar-refractivity contribution in [1.29, 1.82) is 0 Å². The molecule has 0 spiro atoms. The molecule has 11 atom stereocenters. The van der Waals surface area contributed by atoms with Crippen LogP contribution >= 0.6 is 0 Å². The molecule has 0 aromatic rings. The van der Waals surface area contributed by atoms with Crippen molar-refractivity contribution in [3.63, 3.8) is 0 Å². The summed E-state index contributed by atoms with van der Waals surface area (Å²) in [5, 5.41) is 31.3. The third-order valence-electron chi connectivity index (χ3n) is 11.0. The Hall–Kier alpha value is -0.610. The highest BCUT2D eigenvalue weighted by Crippen LogP contribution is 2.69. The zero-order valence-corrected chi connectivity index (χ0v) is 19.5. The first kappa shape index (κ1) is 22.6. The molecule has 0 aromatic carbocycles. The lowest BCUT2D eigenvalue weighted by Crippen LogP contribution is -2.62. The summed E-state index contributed by atoms with van der Waals surface area (Å²) in [4.78, 5) is 11.1. The van der Waals surface area contributed by atoms with Crippen LogP contribution in [0.15, 0.2) is 0 Å². The fourth-order valence-corrected chi connectivity index (χ4v) is 9.48. The van der Waals surface area contributed by atoms with Gasteiger partial charge in [0.1, 0.15) is 0 Å². The molecule has 0 amide bonds. The minimum atomic E-state index is -0.683. The minimum Gasteiger partial charge on any atom is -0.481 e. The van der Waals surface area contributed by atoms with Crippen LogP contribution in [0.1, 0.15) is 91.9 Å².